The van der Waals surface area contributed by atoms with Gasteiger partial charge in [-0.15, -0.1) is 0 Å². The number of aliphatic hydroxyl groups excluding tert-OH is 1. The molecule has 0 saturated carbocycles. The van der Waals surface area contributed by atoms with Crippen LogP contribution in [0.4, 0.5) is 0 Å². The van der Waals surface area contributed by atoms with Crippen LogP contribution in [-0.2, 0) is 0 Å². The van der Waals surface area contributed by atoms with Crippen LogP contribution in [0.15, 0.2) is 17.6 Å². The van der Waals surface area contributed by atoms with Gasteiger partial charge in [-0.25, -0.2) is 9.97 Å². The molecule has 2 saturated heterocycles. The van der Waals surface area contributed by atoms with Gasteiger partial charge in [0.2, 0.25) is 0 Å². The van der Waals surface area contributed by atoms with E-state index in [-0.39, 0.29) is 11.9 Å². The fourth-order valence-corrected chi connectivity index (χ4v) is 3.57. The van der Waals surface area contributed by atoms with Gasteiger partial charge in [-0.1, -0.05) is 18.2 Å². The second-order valence-electron chi connectivity index (χ2n) is 5.90. The number of nitrogens with zero attached hydrogens (tertiary/aromatic N) is 4. The Morgan fingerprint density at radius 3 is 2.55 bits per heavy atom. The van der Waals surface area contributed by atoms with Crippen molar-refractivity contribution >= 4 is 17.7 Å². The van der Waals surface area contributed by atoms with E-state index in [4.69, 9.17) is 0 Å². The van der Waals surface area contributed by atoms with E-state index in [2.05, 4.69) is 14.9 Å². The highest BCUT2D eigenvalue weighted by Gasteiger charge is 2.38. The first-order chi connectivity index (χ1) is 10.7. The molecule has 2 atom stereocenters. The zero-order valence-corrected chi connectivity index (χ0v) is 13.6. The summed E-state index contributed by atoms with van der Waals surface area (Å²) in [5, 5.41) is 11.0. The van der Waals surface area contributed by atoms with Gasteiger partial charge in [0, 0.05) is 25.5 Å². The molecule has 22 heavy (non-hydrogen) atoms. The number of aliphatic hydroxyl groups is 1. The number of amides is 1. The molecule has 120 valence electrons. The third kappa shape index (κ3) is 3.26. The van der Waals surface area contributed by atoms with Crippen molar-refractivity contribution in [3.05, 3.63) is 18.0 Å². The maximum atomic E-state index is 12.5. The van der Waals surface area contributed by atoms with E-state index in [9.17, 15) is 9.90 Å². The first kappa shape index (κ1) is 15.7. The molecule has 0 aromatic carbocycles. The third-order valence-corrected chi connectivity index (χ3v) is 5.04. The van der Waals surface area contributed by atoms with Gasteiger partial charge in [0.25, 0.3) is 5.91 Å². The van der Waals surface area contributed by atoms with Crippen molar-refractivity contribution in [3.8, 4) is 0 Å². The summed E-state index contributed by atoms with van der Waals surface area (Å²) in [6.45, 7) is 3.03. The lowest BCUT2D eigenvalue weighted by Gasteiger charge is -2.33. The fraction of sp³-hybridized carbons (Fsp3) is 0.667. The molecule has 2 fully saturated rings. The van der Waals surface area contributed by atoms with Crippen LogP contribution in [0.1, 0.15) is 29.6 Å². The summed E-state index contributed by atoms with van der Waals surface area (Å²) in [6, 6.07) is 0.0654. The van der Waals surface area contributed by atoms with Crippen molar-refractivity contribution in [2.75, 3.05) is 32.4 Å². The molecule has 0 spiro atoms. The van der Waals surface area contributed by atoms with Crippen LogP contribution in [-0.4, -0.2) is 75.4 Å². The minimum absolute atomic E-state index is 0.0654. The van der Waals surface area contributed by atoms with Crippen molar-refractivity contribution in [2.45, 2.75) is 36.6 Å². The van der Waals surface area contributed by atoms with Gasteiger partial charge in [0.05, 0.1) is 17.7 Å². The predicted molar refractivity (Wildman–Crippen MR) is 84.9 cm³/mol. The maximum Gasteiger partial charge on any atom is 0.257 e. The van der Waals surface area contributed by atoms with Crippen LogP contribution < -0.4 is 0 Å². The summed E-state index contributed by atoms with van der Waals surface area (Å²) < 4.78 is 0. The van der Waals surface area contributed by atoms with Gasteiger partial charge in [-0.2, -0.15) is 0 Å². The normalized spacial score (nSPS) is 26.4. The number of likely N-dealkylation sites (tertiary alicyclic amines) is 2. The first-order valence-corrected chi connectivity index (χ1v) is 8.99. The van der Waals surface area contributed by atoms with Crippen LogP contribution in [0.3, 0.4) is 0 Å². The average molecular weight is 322 g/mol. The molecule has 1 N–H and O–H groups in total. The Kier molecular flexibility index (Phi) is 4.95. The fourth-order valence-electron chi connectivity index (χ4n) is 3.26. The van der Waals surface area contributed by atoms with Crippen LogP contribution >= 0.6 is 11.8 Å². The van der Waals surface area contributed by atoms with Crippen LogP contribution in [0, 0.1) is 0 Å². The van der Waals surface area contributed by atoms with E-state index in [0.717, 1.165) is 13.1 Å². The summed E-state index contributed by atoms with van der Waals surface area (Å²) in [4.78, 5) is 24.9. The molecule has 0 radical (unpaired) electrons. The van der Waals surface area contributed by atoms with Crippen molar-refractivity contribution in [1.29, 1.82) is 0 Å². The number of carbonyl (C=O) groups excluding carboxylic acids is 1. The highest BCUT2D eigenvalue weighted by molar-refractivity contribution is 7.98. The SMILES string of the molecule is CSc1ncc(C(=O)N2CC(O)C(N3CCCCC3)C2)cn1. The number of thioether (sulfide) groups is 1. The number of aromatic nitrogens is 2. The van der Waals surface area contributed by atoms with Gasteiger partial charge in [0.15, 0.2) is 5.16 Å². The Balaban J connectivity index is 1.66. The molecule has 0 bridgehead atoms. The van der Waals surface area contributed by atoms with Crippen molar-refractivity contribution < 1.29 is 9.90 Å². The lowest BCUT2D eigenvalue weighted by molar-refractivity contribution is 0.0702. The number of hydrogen-bond acceptors (Lipinski definition) is 6. The van der Waals surface area contributed by atoms with Gasteiger partial charge in [0.1, 0.15) is 0 Å². The first-order valence-electron chi connectivity index (χ1n) is 7.76. The van der Waals surface area contributed by atoms with Crippen LogP contribution in [0.5, 0.6) is 0 Å². The lowest BCUT2D eigenvalue weighted by Crippen LogP contribution is -2.46. The number of β-amino-alcohol motifs (C(OH)–C–C–N with tert-alkyl or cyclic N) is 1. The Labute approximate surface area is 134 Å². The van der Waals surface area contributed by atoms with Gasteiger partial charge in [-0.05, 0) is 32.2 Å². The molecule has 1 aromatic rings. The number of hydrogen-bond donors (Lipinski definition) is 1. The topological polar surface area (TPSA) is 69.6 Å². The van der Waals surface area contributed by atoms with Gasteiger partial charge in [-0.3, -0.25) is 9.69 Å². The van der Waals surface area contributed by atoms with Crippen LogP contribution in [0.25, 0.3) is 0 Å². The molecule has 7 heteroatoms. The van der Waals surface area contributed by atoms with E-state index in [1.807, 2.05) is 6.26 Å². The highest BCUT2D eigenvalue weighted by Crippen LogP contribution is 2.22. The summed E-state index contributed by atoms with van der Waals surface area (Å²) >= 11 is 1.45. The Bertz CT molecular complexity index is 519. The standard InChI is InChI=1S/C15H22N4O2S/c1-22-15-16-7-11(8-17-15)14(21)19-9-12(13(20)10-19)18-5-3-2-4-6-18/h7-8,12-13,20H,2-6,9-10H2,1H3. The zero-order chi connectivity index (χ0) is 15.5. The smallest absolute Gasteiger partial charge is 0.257 e. The molecule has 3 heterocycles. The molecule has 1 amide bonds. The van der Waals surface area contributed by atoms with Crippen molar-refractivity contribution in [3.63, 3.8) is 0 Å². The van der Waals surface area contributed by atoms with E-state index in [0.29, 0.717) is 23.8 Å². The minimum Gasteiger partial charge on any atom is -0.390 e. The highest BCUT2D eigenvalue weighted by atomic mass is 32.2. The van der Waals surface area contributed by atoms with E-state index in [1.165, 1.54) is 31.0 Å². The van der Waals surface area contributed by atoms with E-state index >= 15 is 0 Å². The molecule has 2 aliphatic heterocycles. The molecule has 6 nitrogen and oxygen atoms in total. The van der Waals surface area contributed by atoms with Gasteiger partial charge < -0.3 is 10.0 Å². The maximum absolute atomic E-state index is 12.5. The number of carbonyl (C=O) groups is 1. The molecule has 0 aliphatic carbocycles. The Morgan fingerprint density at radius 1 is 1.23 bits per heavy atom. The quantitative estimate of drug-likeness (QED) is 0.658. The number of piperidine rings is 1. The molecule has 2 aliphatic rings. The molecular formula is C15H22N4O2S. The van der Waals surface area contributed by atoms with Crippen molar-refractivity contribution in [1.82, 2.24) is 19.8 Å². The summed E-state index contributed by atoms with van der Waals surface area (Å²) in [7, 11) is 0. The molecule has 2 unspecified atom stereocenters. The largest absolute Gasteiger partial charge is 0.390 e. The van der Waals surface area contributed by atoms with E-state index < -0.39 is 6.10 Å². The summed E-state index contributed by atoms with van der Waals surface area (Å²) in [5.74, 6) is -0.0915. The molecular weight excluding hydrogens is 300 g/mol. The average Bonchev–Trinajstić information content (AvgIpc) is 2.97. The number of rotatable bonds is 3. The van der Waals surface area contributed by atoms with E-state index in [1.54, 1.807) is 17.3 Å². The monoisotopic (exact) mass is 322 g/mol. The van der Waals surface area contributed by atoms with Crippen LogP contribution in [0.2, 0.25) is 0 Å². The zero-order valence-electron chi connectivity index (χ0n) is 12.8. The Morgan fingerprint density at radius 2 is 1.91 bits per heavy atom. The summed E-state index contributed by atoms with van der Waals surface area (Å²) in [6.07, 6.45) is 8.21. The van der Waals surface area contributed by atoms with Crippen molar-refractivity contribution in [2.24, 2.45) is 0 Å². The summed E-state index contributed by atoms with van der Waals surface area (Å²) in [5.41, 5.74) is 0.490. The second-order valence-corrected chi connectivity index (χ2v) is 6.67. The second kappa shape index (κ2) is 6.93. The lowest BCUT2D eigenvalue weighted by atomic mass is 10.1. The third-order valence-electron chi connectivity index (χ3n) is 4.46. The Hall–Kier alpha value is -1.18. The minimum atomic E-state index is -0.464. The molecule has 1 aromatic heterocycles. The predicted octanol–water partition coefficient (Wildman–Crippen LogP) is 0.870. The van der Waals surface area contributed by atoms with Gasteiger partial charge >= 0.3 is 0 Å². The molecule has 3 rings (SSSR count).